The van der Waals surface area contributed by atoms with E-state index in [0.717, 1.165) is 0 Å². The lowest BCUT2D eigenvalue weighted by atomic mass is 10.4. The third-order valence-electron chi connectivity index (χ3n) is 1.43. The fourth-order valence-corrected chi connectivity index (χ4v) is 1.07. The molecule has 0 unspecified atom stereocenters. The zero-order valence-corrected chi connectivity index (χ0v) is 8.71. The van der Waals surface area contributed by atoms with Crippen molar-refractivity contribution in [2.24, 2.45) is 0 Å². The minimum absolute atomic E-state index is 0.175. The third kappa shape index (κ3) is 2.45. The van der Waals surface area contributed by atoms with Crippen molar-refractivity contribution in [2.75, 3.05) is 0 Å². The highest BCUT2D eigenvalue weighted by Crippen LogP contribution is 2.18. The lowest BCUT2D eigenvalue weighted by Gasteiger charge is -2.06. The van der Waals surface area contributed by atoms with Crippen LogP contribution >= 0.6 is 15.9 Å². The average Bonchev–Trinajstić information content (AvgIpc) is 2.51. The van der Waals surface area contributed by atoms with Crippen LogP contribution in [0.25, 0.3) is 0 Å². The summed E-state index contributed by atoms with van der Waals surface area (Å²) in [4.78, 5) is 11.3. The molecule has 70 valence electrons. The second kappa shape index (κ2) is 4.28. The Morgan fingerprint density at radius 2 is 2.54 bits per heavy atom. The molecule has 0 fully saturated rings. The quantitative estimate of drug-likeness (QED) is 0.607. The molecule has 4 heteroatoms. The van der Waals surface area contributed by atoms with E-state index >= 15 is 0 Å². The maximum Gasteiger partial charge on any atom is 0.376 e. The van der Waals surface area contributed by atoms with Crippen molar-refractivity contribution in [1.82, 2.24) is 0 Å². The molecule has 1 aromatic rings. The summed E-state index contributed by atoms with van der Waals surface area (Å²) in [5, 5.41) is 0. The second-order valence-corrected chi connectivity index (χ2v) is 3.30. The molecular weight excluding hydrogens is 236 g/mol. The van der Waals surface area contributed by atoms with Crippen LogP contribution in [0.15, 0.2) is 33.9 Å². The molecule has 1 rings (SSSR count). The molecule has 3 nitrogen and oxygen atoms in total. The Morgan fingerprint density at radius 1 is 1.85 bits per heavy atom. The number of hydrogen-bond acceptors (Lipinski definition) is 3. The molecule has 0 saturated carbocycles. The van der Waals surface area contributed by atoms with Crippen LogP contribution in [0.1, 0.15) is 17.5 Å². The molecule has 0 aliphatic rings. The van der Waals surface area contributed by atoms with Crippen LogP contribution in [-0.2, 0) is 4.74 Å². The molecule has 0 saturated heterocycles. The zero-order chi connectivity index (χ0) is 9.84. The van der Waals surface area contributed by atoms with Crippen molar-refractivity contribution in [3.63, 3.8) is 0 Å². The van der Waals surface area contributed by atoms with Crippen LogP contribution in [0.2, 0.25) is 0 Å². The second-order valence-electron chi connectivity index (χ2n) is 2.44. The lowest BCUT2D eigenvalue weighted by molar-refractivity contribution is 0.0387. The molecule has 0 aliphatic carbocycles. The Morgan fingerprint density at radius 3 is 3.00 bits per heavy atom. The predicted octanol–water partition coefficient (Wildman–Crippen LogP) is 2.77. The van der Waals surface area contributed by atoms with E-state index in [2.05, 4.69) is 22.5 Å². The molecule has 1 aromatic heterocycles. The van der Waals surface area contributed by atoms with E-state index in [0.29, 0.717) is 4.47 Å². The van der Waals surface area contributed by atoms with Crippen LogP contribution in [0.5, 0.6) is 0 Å². The molecule has 1 heterocycles. The van der Waals surface area contributed by atoms with Gasteiger partial charge in [-0.3, -0.25) is 0 Å². The first-order chi connectivity index (χ1) is 6.15. The molecule has 13 heavy (non-hydrogen) atoms. The number of rotatable bonds is 3. The van der Waals surface area contributed by atoms with Gasteiger partial charge >= 0.3 is 5.97 Å². The van der Waals surface area contributed by atoms with Gasteiger partial charge in [-0.1, -0.05) is 12.7 Å². The number of ether oxygens (including phenoxy) is 1. The van der Waals surface area contributed by atoms with Gasteiger partial charge in [-0.05, 0) is 28.9 Å². The highest BCUT2D eigenvalue weighted by molar-refractivity contribution is 9.10. The number of furan rings is 1. The van der Waals surface area contributed by atoms with Gasteiger partial charge in [-0.2, -0.15) is 0 Å². The Labute approximate surface area is 84.5 Å². The minimum atomic E-state index is -0.496. The summed E-state index contributed by atoms with van der Waals surface area (Å²) in [6.45, 7) is 5.22. The van der Waals surface area contributed by atoms with Gasteiger partial charge in [0.1, 0.15) is 6.10 Å². The summed E-state index contributed by atoms with van der Waals surface area (Å²) >= 11 is 3.16. The largest absolute Gasteiger partial charge is 0.456 e. The number of carbonyl (C=O) groups is 1. The van der Waals surface area contributed by atoms with E-state index < -0.39 is 5.97 Å². The number of esters is 1. The summed E-state index contributed by atoms with van der Waals surface area (Å²) in [5.74, 6) is -0.321. The van der Waals surface area contributed by atoms with Crippen LogP contribution in [0.3, 0.4) is 0 Å². The van der Waals surface area contributed by atoms with Crippen molar-refractivity contribution in [3.05, 3.63) is 35.2 Å². The first-order valence-electron chi connectivity index (χ1n) is 3.71. The van der Waals surface area contributed by atoms with Crippen molar-refractivity contribution >= 4 is 21.9 Å². The highest BCUT2D eigenvalue weighted by atomic mass is 79.9. The molecule has 0 amide bonds. The van der Waals surface area contributed by atoms with Gasteiger partial charge in [0, 0.05) is 0 Å². The first-order valence-corrected chi connectivity index (χ1v) is 4.51. The summed E-state index contributed by atoms with van der Waals surface area (Å²) < 4.78 is 10.5. The number of hydrogen-bond donors (Lipinski definition) is 0. The summed E-state index contributed by atoms with van der Waals surface area (Å²) in [7, 11) is 0. The summed E-state index contributed by atoms with van der Waals surface area (Å²) in [6, 6.07) is 1.63. The van der Waals surface area contributed by atoms with Gasteiger partial charge in [0.25, 0.3) is 0 Å². The molecule has 0 radical (unpaired) electrons. The van der Waals surface area contributed by atoms with Gasteiger partial charge in [-0.15, -0.1) is 0 Å². The Kier molecular flexibility index (Phi) is 3.31. The van der Waals surface area contributed by atoms with Crippen molar-refractivity contribution in [1.29, 1.82) is 0 Å². The van der Waals surface area contributed by atoms with Crippen molar-refractivity contribution < 1.29 is 13.9 Å². The molecule has 0 spiro atoms. The Hall–Kier alpha value is -1.03. The highest BCUT2D eigenvalue weighted by Gasteiger charge is 2.16. The maximum absolute atomic E-state index is 11.3. The minimum Gasteiger partial charge on any atom is -0.456 e. The Balaban J connectivity index is 2.69. The fraction of sp³-hybridized carbons (Fsp3) is 0.222. The molecule has 0 bridgehead atoms. The van der Waals surface area contributed by atoms with Crippen LogP contribution in [0.4, 0.5) is 0 Å². The average molecular weight is 245 g/mol. The number of carbonyl (C=O) groups excluding carboxylic acids is 1. The number of halogens is 1. The lowest BCUT2D eigenvalue weighted by Crippen LogP contribution is -2.12. The van der Waals surface area contributed by atoms with Gasteiger partial charge in [0.15, 0.2) is 0 Å². The molecule has 0 aromatic carbocycles. The normalized spacial score (nSPS) is 12.2. The first kappa shape index (κ1) is 10.1. The van der Waals surface area contributed by atoms with E-state index in [4.69, 9.17) is 9.15 Å². The van der Waals surface area contributed by atoms with Crippen molar-refractivity contribution in [2.45, 2.75) is 13.0 Å². The monoisotopic (exact) mass is 244 g/mol. The molecule has 1 atom stereocenters. The van der Waals surface area contributed by atoms with E-state index in [9.17, 15) is 4.79 Å². The Bertz CT molecular complexity index is 316. The summed E-state index contributed by atoms with van der Waals surface area (Å²) in [6.07, 6.45) is 2.64. The topological polar surface area (TPSA) is 39.4 Å². The van der Waals surface area contributed by atoms with Gasteiger partial charge in [-0.25, -0.2) is 4.79 Å². The molecular formula is C9H9BrO3. The zero-order valence-electron chi connectivity index (χ0n) is 7.12. The molecule has 0 aliphatic heterocycles. The van der Waals surface area contributed by atoms with E-state index in [1.165, 1.54) is 12.3 Å². The van der Waals surface area contributed by atoms with Gasteiger partial charge < -0.3 is 9.15 Å². The maximum atomic E-state index is 11.3. The smallest absolute Gasteiger partial charge is 0.376 e. The van der Waals surface area contributed by atoms with E-state index in [1.54, 1.807) is 13.0 Å². The molecule has 0 N–H and O–H groups in total. The van der Waals surface area contributed by atoms with Crippen LogP contribution < -0.4 is 0 Å². The van der Waals surface area contributed by atoms with Gasteiger partial charge in [0.2, 0.25) is 5.76 Å². The third-order valence-corrected chi connectivity index (χ3v) is 2.05. The fourth-order valence-electron chi connectivity index (χ4n) is 0.710. The standard InChI is InChI=1S/C9H9BrO3/c1-3-6(2)13-9(11)8-7(10)4-5-12-8/h3-6H,1H2,2H3/t6-/m0/s1. The predicted molar refractivity (Wildman–Crippen MR) is 51.5 cm³/mol. The van der Waals surface area contributed by atoms with Gasteiger partial charge in [0.05, 0.1) is 10.7 Å². The van der Waals surface area contributed by atoms with Crippen LogP contribution in [-0.4, -0.2) is 12.1 Å². The van der Waals surface area contributed by atoms with E-state index in [-0.39, 0.29) is 11.9 Å². The summed E-state index contributed by atoms with van der Waals surface area (Å²) in [5.41, 5.74) is 0. The SMILES string of the molecule is C=C[C@H](C)OC(=O)c1occc1Br. The van der Waals surface area contributed by atoms with Crippen LogP contribution in [0, 0.1) is 0 Å². The van der Waals surface area contributed by atoms with E-state index in [1.807, 2.05) is 0 Å². The van der Waals surface area contributed by atoms with Crippen molar-refractivity contribution in [3.8, 4) is 0 Å².